The summed E-state index contributed by atoms with van der Waals surface area (Å²) in [6, 6.07) is -0.528. The van der Waals surface area contributed by atoms with Gasteiger partial charge >= 0.3 is 5.97 Å². The number of aliphatic carboxylic acids is 1. The molecule has 1 atom stereocenters. The molecule has 3 N–H and O–H groups in total. The molecule has 11 heavy (non-hydrogen) atoms. The molecule has 0 aliphatic rings. The third-order valence-electron chi connectivity index (χ3n) is 1.05. The van der Waals surface area contributed by atoms with Gasteiger partial charge in [-0.2, -0.15) is 0 Å². The molecule has 0 saturated carbocycles. The van der Waals surface area contributed by atoms with E-state index in [9.17, 15) is 9.59 Å². The fourth-order valence-corrected chi connectivity index (χ4v) is 1.17. The van der Waals surface area contributed by atoms with Crippen LogP contribution in [0, 0.1) is 0 Å². The minimum Gasteiger partial charge on any atom is -0.481 e. The van der Waals surface area contributed by atoms with Gasteiger partial charge in [0.25, 0.3) is 0 Å². The molecular formula is C6H11NO3S. The third kappa shape index (κ3) is 5.87. The van der Waals surface area contributed by atoms with E-state index in [-0.39, 0.29) is 11.5 Å². The van der Waals surface area contributed by atoms with Gasteiger partial charge in [0, 0.05) is 5.75 Å². The van der Waals surface area contributed by atoms with Gasteiger partial charge in [-0.15, -0.1) is 11.8 Å². The van der Waals surface area contributed by atoms with Gasteiger partial charge in [0.05, 0.1) is 11.8 Å². The highest BCUT2D eigenvalue weighted by atomic mass is 32.2. The van der Waals surface area contributed by atoms with Crippen LogP contribution in [0.3, 0.4) is 0 Å². The Morgan fingerprint density at radius 3 is 2.55 bits per heavy atom. The molecule has 64 valence electrons. The van der Waals surface area contributed by atoms with Gasteiger partial charge in [-0.3, -0.25) is 9.59 Å². The minimum absolute atomic E-state index is 0.000972. The molecule has 0 heterocycles. The zero-order valence-corrected chi connectivity index (χ0v) is 7.06. The Morgan fingerprint density at radius 2 is 2.18 bits per heavy atom. The molecule has 0 rings (SSSR count). The lowest BCUT2D eigenvalue weighted by Gasteiger charge is -2.04. The topological polar surface area (TPSA) is 80.4 Å². The monoisotopic (exact) mass is 177 g/mol. The number of hydrogen-bond donors (Lipinski definition) is 2. The van der Waals surface area contributed by atoms with Crippen LogP contribution in [-0.4, -0.2) is 34.4 Å². The number of ketones is 1. The molecule has 0 aromatic rings. The van der Waals surface area contributed by atoms with Crippen molar-refractivity contribution < 1.29 is 14.7 Å². The molecule has 0 radical (unpaired) electrons. The first kappa shape index (κ1) is 10.4. The fourth-order valence-electron chi connectivity index (χ4n) is 0.391. The van der Waals surface area contributed by atoms with Crippen LogP contribution in [0.5, 0.6) is 0 Å². The lowest BCUT2D eigenvalue weighted by Crippen LogP contribution is -2.31. The number of carbonyl (C=O) groups excluding carboxylic acids is 1. The Bertz CT molecular complexity index is 160. The summed E-state index contributed by atoms with van der Waals surface area (Å²) in [5.74, 6) is -0.614. The SMILES string of the molecule is CC(=O)[C@H](N)CSCC(=O)O. The molecular weight excluding hydrogens is 166 g/mol. The van der Waals surface area contributed by atoms with E-state index in [1.54, 1.807) is 0 Å². The highest BCUT2D eigenvalue weighted by Gasteiger charge is 2.08. The van der Waals surface area contributed by atoms with Crippen molar-refractivity contribution >= 4 is 23.5 Å². The zero-order chi connectivity index (χ0) is 8.85. The number of thioether (sulfide) groups is 1. The zero-order valence-electron chi connectivity index (χ0n) is 6.24. The Kier molecular flexibility index (Phi) is 4.89. The summed E-state index contributed by atoms with van der Waals surface area (Å²) in [4.78, 5) is 20.5. The predicted molar refractivity (Wildman–Crippen MR) is 43.6 cm³/mol. The lowest BCUT2D eigenvalue weighted by molar-refractivity contribution is -0.134. The van der Waals surface area contributed by atoms with Crippen LogP contribution in [0.1, 0.15) is 6.92 Å². The maximum atomic E-state index is 10.5. The van der Waals surface area contributed by atoms with Crippen LogP contribution in [0.25, 0.3) is 0 Å². The molecule has 4 nitrogen and oxygen atoms in total. The highest BCUT2D eigenvalue weighted by Crippen LogP contribution is 2.01. The van der Waals surface area contributed by atoms with E-state index in [1.165, 1.54) is 6.92 Å². The van der Waals surface area contributed by atoms with Crippen LogP contribution in [0.15, 0.2) is 0 Å². The maximum absolute atomic E-state index is 10.5. The smallest absolute Gasteiger partial charge is 0.313 e. The summed E-state index contributed by atoms with van der Waals surface area (Å²) < 4.78 is 0. The number of Topliss-reactive ketones (excluding diaryl/α,β-unsaturated/α-hetero) is 1. The largest absolute Gasteiger partial charge is 0.481 e. The number of carboxylic acid groups (broad SMARTS) is 1. The summed E-state index contributed by atoms with van der Waals surface area (Å²) >= 11 is 1.15. The Labute approximate surface area is 69.1 Å². The van der Waals surface area contributed by atoms with E-state index >= 15 is 0 Å². The van der Waals surface area contributed by atoms with E-state index in [4.69, 9.17) is 10.8 Å². The molecule has 0 fully saturated rings. The van der Waals surface area contributed by atoms with E-state index in [2.05, 4.69) is 0 Å². The Balaban J connectivity index is 3.39. The van der Waals surface area contributed by atoms with E-state index < -0.39 is 12.0 Å². The quantitative estimate of drug-likeness (QED) is 0.603. The second-order valence-corrected chi connectivity index (χ2v) is 3.16. The van der Waals surface area contributed by atoms with Crippen molar-refractivity contribution in [1.29, 1.82) is 0 Å². The average Bonchev–Trinajstić information content (AvgIpc) is 1.86. The molecule has 0 bridgehead atoms. The van der Waals surface area contributed by atoms with Crippen LogP contribution < -0.4 is 5.73 Å². The van der Waals surface area contributed by atoms with Gasteiger partial charge < -0.3 is 10.8 Å². The molecule has 5 heteroatoms. The molecule has 0 saturated heterocycles. The number of rotatable bonds is 5. The van der Waals surface area contributed by atoms with Crippen LogP contribution in [0.2, 0.25) is 0 Å². The number of carbonyl (C=O) groups is 2. The van der Waals surface area contributed by atoms with Gasteiger partial charge in [0.1, 0.15) is 5.78 Å². The highest BCUT2D eigenvalue weighted by molar-refractivity contribution is 8.00. The molecule has 0 amide bonds. The number of carboxylic acids is 1. The first-order valence-corrected chi connectivity index (χ1v) is 4.25. The third-order valence-corrected chi connectivity index (χ3v) is 2.09. The fraction of sp³-hybridized carbons (Fsp3) is 0.667. The van der Waals surface area contributed by atoms with E-state index in [1.807, 2.05) is 0 Å². The second-order valence-electron chi connectivity index (χ2n) is 2.13. The van der Waals surface area contributed by atoms with Crippen molar-refractivity contribution in [3.8, 4) is 0 Å². The summed E-state index contributed by atoms with van der Waals surface area (Å²) in [7, 11) is 0. The minimum atomic E-state index is -0.884. The summed E-state index contributed by atoms with van der Waals surface area (Å²) in [6.07, 6.45) is 0. The van der Waals surface area contributed by atoms with Crippen molar-refractivity contribution in [2.75, 3.05) is 11.5 Å². The molecule has 0 aliphatic carbocycles. The van der Waals surface area contributed by atoms with Gasteiger partial charge in [-0.25, -0.2) is 0 Å². The van der Waals surface area contributed by atoms with Crippen LogP contribution >= 0.6 is 11.8 Å². The standard InChI is InChI=1S/C6H11NO3S/c1-4(8)5(7)2-11-3-6(9)10/h5H,2-3,7H2,1H3,(H,9,10)/t5-/m1/s1. The van der Waals surface area contributed by atoms with Crippen LogP contribution in [0.4, 0.5) is 0 Å². The van der Waals surface area contributed by atoms with E-state index in [0.29, 0.717) is 5.75 Å². The first-order valence-electron chi connectivity index (χ1n) is 3.09. The molecule has 0 aliphatic heterocycles. The summed E-state index contributed by atoms with van der Waals surface area (Å²) in [6.45, 7) is 1.39. The average molecular weight is 177 g/mol. The van der Waals surface area contributed by atoms with Gasteiger partial charge in [0.15, 0.2) is 0 Å². The normalized spacial score (nSPS) is 12.5. The maximum Gasteiger partial charge on any atom is 0.313 e. The van der Waals surface area contributed by atoms with Crippen molar-refractivity contribution in [2.24, 2.45) is 5.73 Å². The molecule has 0 aromatic heterocycles. The van der Waals surface area contributed by atoms with Crippen molar-refractivity contribution in [3.05, 3.63) is 0 Å². The first-order chi connectivity index (χ1) is 5.04. The molecule has 0 spiro atoms. The van der Waals surface area contributed by atoms with Crippen molar-refractivity contribution in [2.45, 2.75) is 13.0 Å². The number of hydrogen-bond acceptors (Lipinski definition) is 4. The summed E-state index contributed by atoms with van der Waals surface area (Å²) in [5, 5.41) is 8.22. The van der Waals surface area contributed by atoms with Gasteiger partial charge in [0.2, 0.25) is 0 Å². The second kappa shape index (κ2) is 5.15. The Morgan fingerprint density at radius 1 is 1.64 bits per heavy atom. The molecule has 0 aromatic carbocycles. The van der Waals surface area contributed by atoms with Crippen molar-refractivity contribution in [1.82, 2.24) is 0 Å². The van der Waals surface area contributed by atoms with E-state index in [0.717, 1.165) is 11.8 Å². The van der Waals surface area contributed by atoms with Crippen LogP contribution in [-0.2, 0) is 9.59 Å². The Hall–Kier alpha value is -0.550. The van der Waals surface area contributed by atoms with Crippen molar-refractivity contribution in [3.63, 3.8) is 0 Å². The van der Waals surface area contributed by atoms with Gasteiger partial charge in [-0.1, -0.05) is 0 Å². The lowest BCUT2D eigenvalue weighted by atomic mass is 10.3. The summed E-state index contributed by atoms with van der Waals surface area (Å²) in [5.41, 5.74) is 5.34. The molecule has 0 unspecified atom stereocenters. The predicted octanol–water partition coefficient (Wildman–Crippen LogP) is -0.280. The van der Waals surface area contributed by atoms with Gasteiger partial charge in [-0.05, 0) is 6.92 Å². The number of nitrogens with two attached hydrogens (primary N) is 1.